The maximum absolute atomic E-state index is 11.7. The van der Waals surface area contributed by atoms with Gasteiger partial charge in [0.1, 0.15) is 11.3 Å². The predicted molar refractivity (Wildman–Crippen MR) is 68.6 cm³/mol. The molecule has 1 heterocycles. The molecule has 0 aliphatic carbocycles. The topological polar surface area (TPSA) is 73.6 Å². The minimum absolute atomic E-state index is 0.350. The number of carbonyl (C=O) groups excluding carboxylic acids is 1. The Morgan fingerprint density at radius 3 is 2.67 bits per heavy atom. The zero-order chi connectivity index (χ0) is 13.0. The molecule has 5 nitrogen and oxygen atoms in total. The molecule has 1 fully saturated rings. The molecule has 0 unspecified atom stereocenters. The summed E-state index contributed by atoms with van der Waals surface area (Å²) in [6, 6.07) is 7.49. The first-order chi connectivity index (χ1) is 8.68. The summed E-state index contributed by atoms with van der Waals surface area (Å²) in [6.45, 7) is 1.07. The van der Waals surface area contributed by atoms with E-state index in [1.54, 1.807) is 7.11 Å². The second kappa shape index (κ2) is 5.27. The van der Waals surface area contributed by atoms with Crippen molar-refractivity contribution in [3.05, 3.63) is 24.3 Å². The van der Waals surface area contributed by atoms with Crippen molar-refractivity contribution in [2.45, 2.75) is 18.4 Å². The summed E-state index contributed by atoms with van der Waals surface area (Å²) in [4.78, 5) is 11.7. The van der Waals surface area contributed by atoms with Crippen LogP contribution in [0, 0.1) is 0 Å². The number of nitrogens with one attached hydrogen (secondary N) is 1. The molecule has 18 heavy (non-hydrogen) atoms. The Morgan fingerprint density at radius 1 is 1.39 bits per heavy atom. The smallest absolute Gasteiger partial charge is 0.243 e. The number of amides is 1. The first-order valence-corrected chi connectivity index (χ1v) is 5.97. The van der Waals surface area contributed by atoms with Crippen molar-refractivity contribution >= 4 is 11.6 Å². The summed E-state index contributed by atoms with van der Waals surface area (Å²) >= 11 is 0. The van der Waals surface area contributed by atoms with Gasteiger partial charge in [-0.25, -0.2) is 0 Å². The van der Waals surface area contributed by atoms with E-state index in [0.717, 1.165) is 5.69 Å². The number of carbonyl (C=O) groups is 1. The van der Waals surface area contributed by atoms with Gasteiger partial charge in [0.15, 0.2) is 0 Å². The third-order valence-corrected chi connectivity index (χ3v) is 3.30. The highest BCUT2D eigenvalue weighted by atomic mass is 16.5. The van der Waals surface area contributed by atoms with Crippen LogP contribution in [0.3, 0.4) is 0 Å². The molecule has 0 spiro atoms. The van der Waals surface area contributed by atoms with Crippen LogP contribution < -0.4 is 15.8 Å². The third kappa shape index (κ3) is 2.41. The second-order valence-electron chi connectivity index (χ2n) is 4.38. The number of hydrogen-bond donors (Lipinski definition) is 2. The number of methoxy groups -OCH3 is 1. The summed E-state index contributed by atoms with van der Waals surface area (Å²) in [7, 11) is 1.60. The number of rotatable bonds is 4. The van der Waals surface area contributed by atoms with E-state index >= 15 is 0 Å². The molecule has 1 aliphatic rings. The van der Waals surface area contributed by atoms with Gasteiger partial charge in [0.05, 0.1) is 12.8 Å². The number of hydrogen-bond acceptors (Lipinski definition) is 4. The van der Waals surface area contributed by atoms with Crippen LogP contribution >= 0.6 is 0 Å². The van der Waals surface area contributed by atoms with E-state index in [1.807, 2.05) is 24.3 Å². The lowest BCUT2D eigenvalue weighted by atomic mass is 9.89. The molecule has 1 saturated heterocycles. The third-order valence-electron chi connectivity index (χ3n) is 3.30. The number of nitrogens with two attached hydrogens (primary N) is 1. The lowest BCUT2D eigenvalue weighted by molar-refractivity contribution is -0.125. The van der Waals surface area contributed by atoms with Crippen molar-refractivity contribution in [2.75, 3.05) is 25.6 Å². The molecule has 0 atom stereocenters. The zero-order valence-corrected chi connectivity index (χ0v) is 10.4. The first-order valence-electron chi connectivity index (χ1n) is 5.97. The molecule has 2 rings (SSSR count). The molecule has 0 saturated carbocycles. The molecule has 1 aromatic carbocycles. The summed E-state index contributed by atoms with van der Waals surface area (Å²) in [5.74, 6) is 0.348. The molecule has 0 bridgehead atoms. The summed E-state index contributed by atoms with van der Waals surface area (Å²) in [6.07, 6.45) is 1.14. The number of ether oxygens (including phenoxy) is 2. The van der Waals surface area contributed by atoms with Crippen LogP contribution in [-0.4, -0.2) is 31.8 Å². The number of anilines is 1. The SMILES string of the molecule is COc1ccccc1NC1(C(N)=O)CCOCC1. The van der Waals surface area contributed by atoms with Gasteiger partial charge in [0, 0.05) is 26.1 Å². The van der Waals surface area contributed by atoms with Gasteiger partial charge in [-0.2, -0.15) is 0 Å². The quantitative estimate of drug-likeness (QED) is 0.840. The molecular weight excluding hydrogens is 232 g/mol. The van der Waals surface area contributed by atoms with Gasteiger partial charge in [0.25, 0.3) is 0 Å². The standard InChI is InChI=1S/C13H18N2O3/c1-17-11-5-3-2-4-10(11)15-13(12(14)16)6-8-18-9-7-13/h2-5,15H,6-9H2,1H3,(H2,14,16). The lowest BCUT2D eigenvalue weighted by Gasteiger charge is -2.36. The maximum atomic E-state index is 11.7. The molecule has 1 aromatic rings. The Morgan fingerprint density at radius 2 is 2.06 bits per heavy atom. The molecule has 0 aromatic heterocycles. The van der Waals surface area contributed by atoms with Gasteiger partial charge in [-0.05, 0) is 12.1 Å². The highest BCUT2D eigenvalue weighted by molar-refractivity contribution is 5.88. The Bertz CT molecular complexity index is 428. The molecule has 1 aliphatic heterocycles. The average molecular weight is 250 g/mol. The van der Waals surface area contributed by atoms with Gasteiger partial charge in [-0.15, -0.1) is 0 Å². The predicted octanol–water partition coefficient (Wildman–Crippen LogP) is 1.14. The largest absolute Gasteiger partial charge is 0.495 e. The van der Waals surface area contributed by atoms with Gasteiger partial charge in [-0.1, -0.05) is 12.1 Å². The second-order valence-corrected chi connectivity index (χ2v) is 4.38. The molecule has 5 heteroatoms. The number of benzene rings is 1. The first kappa shape index (κ1) is 12.7. The van der Waals surface area contributed by atoms with Gasteiger partial charge in [-0.3, -0.25) is 4.79 Å². The summed E-state index contributed by atoms with van der Waals surface area (Å²) in [5.41, 5.74) is 5.58. The van der Waals surface area contributed by atoms with Crippen LogP contribution in [0.25, 0.3) is 0 Å². The molecular formula is C13H18N2O3. The van der Waals surface area contributed by atoms with Crippen molar-refractivity contribution in [2.24, 2.45) is 5.73 Å². The summed E-state index contributed by atoms with van der Waals surface area (Å²) < 4.78 is 10.6. The van der Waals surface area contributed by atoms with E-state index in [0.29, 0.717) is 31.8 Å². The minimum atomic E-state index is -0.743. The number of primary amides is 1. The molecule has 1 amide bonds. The molecule has 3 N–H and O–H groups in total. The van der Waals surface area contributed by atoms with Crippen LogP contribution in [0.4, 0.5) is 5.69 Å². The molecule has 0 radical (unpaired) electrons. The Kier molecular flexibility index (Phi) is 3.72. The van der Waals surface area contributed by atoms with Crippen molar-refractivity contribution in [3.63, 3.8) is 0 Å². The molecule has 98 valence electrons. The normalized spacial score (nSPS) is 18.1. The number of para-hydroxylation sites is 2. The van der Waals surface area contributed by atoms with Crippen LogP contribution in [0.1, 0.15) is 12.8 Å². The zero-order valence-electron chi connectivity index (χ0n) is 10.4. The van der Waals surface area contributed by atoms with Crippen molar-refractivity contribution in [1.29, 1.82) is 0 Å². The van der Waals surface area contributed by atoms with Crippen molar-refractivity contribution in [1.82, 2.24) is 0 Å². The average Bonchev–Trinajstić information content (AvgIpc) is 2.40. The van der Waals surface area contributed by atoms with Crippen LogP contribution in [0.5, 0.6) is 5.75 Å². The van der Waals surface area contributed by atoms with Crippen molar-refractivity contribution < 1.29 is 14.3 Å². The Hall–Kier alpha value is -1.75. The van der Waals surface area contributed by atoms with Crippen LogP contribution in [0.2, 0.25) is 0 Å². The van der Waals surface area contributed by atoms with Crippen LogP contribution in [0.15, 0.2) is 24.3 Å². The van der Waals surface area contributed by atoms with E-state index < -0.39 is 5.54 Å². The van der Waals surface area contributed by atoms with E-state index in [2.05, 4.69) is 5.32 Å². The maximum Gasteiger partial charge on any atom is 0.243 e. The fourth-order valence-electron chi connectivity index (χ4n) is 2.16. The highest BCUT2D eigenvalue weighted by Gasteiger charge is 2.38. The van der Waals surface area contributed by atoms with Gasteiger partial charge < -0.3 is 20.5 Å². The van der Waals surface area contributed by atoms with Crippen LogP contribution in [-0.2, 0) is 9.53 Å². The van der Waals surface area contributed by atoms with E-state index in [1.165, 1.54) is 0 Å². The Balaban J connectivity index is 2.26. The van der Waals surface area contributed by atoms with Gasteiger partial charge in [0.2, 0.25) is 5.91 Å². The summed E-state index contributed by atoms with van der Waals surface area (Å²) in [5, 5.41) is 3.23. The van der Waals surface area contributed by atoms with E-state index in [-0.39, 0.29) is 5.91 Å². The fourth-order valence-corrected chi connectivity index (χ4v) is 2.16. The monoisotopic (exact) mass is 250 g/mol. The Labute approximate surface area is 106 Å². The highest BCUT2D eigenvalue weighted by Crippen LogP contribution is 2.31. The minimum Gasteiger partial charge on any atom is -0.495 e. The van der Waals surface area contributed by atoms with Gasteiger partial charge >= 0.3 is 0 Å². The van der Waals surface area contributed by atoms with E-state index in [4.69, 9.17) is 15.2 Å². The van der Waals surface area contributed by atoms with E-state index in [9.17, 15) is 4.79 Å². The lowest BCUT2D eigenvalue weighted by Crippen LogP contribution is -2.54. The van der Waals surface area contributed by atoms with Crippen molar-refractivity contribution in [3.8, 4) is 5.75 Å². The fraction of sp³-hybridized carbons (Fsp3) is 0.462.